The van der Waals surface area contributed by atoms with Gasteiger partial charge < -0.3 is 10.0 Å². The monoisotopic (exact) mass is 211 g/mol. The zero-order chi connectivity index (χ0) is 11.4. The first kappa shape index (κ1) is 12.4. The Hall–Kier alpha value is -0.630. The standard InChI is InChI=1S/C11H21N3O/c1-9(4-5-12)14-8-11(15)6-10(14)7-13(2)3/h9-11,15H,4,6-8H2,1-3H3. The Morgan fingerprint density at radius 1 is 1.60 bits per heavy atom. The Morgan fingerprint density at radius 3 is 2.80 bits per heavy atom. The van der Waals surface area contributed by atoms with Crippen LogP contribution in [-0.2, 0) is 0 Å². The molecule has 86 valence electrons. The Bertz CT molecular complexity index is 236. The molecule has 1 N–H and O–H groups in total. The van der Waals surface area contributed by atoms with Crippen molar-refractivity contribution < 1.29 is 5.11 Å². The zero-order valence-corrected chi connectivity index (χ0v) is 9.85. The first-order valence-corrected chi connectivity index (χ1v) is 5.50. The maximum atomic E-state index is 9.66. The predicted octanol–water partition coefficient (Wildman–Crippen LogP) is 0.285. The van der Waals surface area contributed by atoms with E-state index in [9.17, 15) is 5.11 Å². The second-order valence-corrected chi connectivity index (χ2v) is 4.71. The highest BCUT2D eigenvalue weighted by Crippen LogP contribution is 2.22. The van der Waals surface area contributed by atoms with Gasteiger partial charge in [-0.15, -0.1) is 0 Å². The third-order valence-corrected chi connectivity index (χ3v) is 2.96. The maximum absolute atomic E-state index is 9.66. The molecule has 1 rings (SSSR count). The smallest absolute Gasteiger partial charge is 0.0682 e. The number of likely N-dealkylation sites (N-methyl/N-ethyl adjacent to an activating group) is 1. The summed E-state index contributed by atoms with van der Waals surface area (Å²) >= 11 is 0. The minimum atomic E-state index is -0.226. The van der Waals surface area contributed by atoms with Crippen LogP contribution in [0, 0.1) is 11.3 Å². The van der Waals surface area contributed by atoms with Crippen molar-refractivity contribution in [2.24, 2.45) is 0 Å². The van der Waals surface area contributed by atoms with E-state index in [1.165, 1.54) is 0 Å². The Kier molecular flexibility index (Phi) is 4.52. The van der Waals surface area contributed by atoms with Crippen LogP contribution in [0.25, 0.3) is 0 Å². The highest BCUT2D eigenvalue weighted by molar-refractivity contribution is 4.92. The Morgan fingerprint density at radius 2 is 2.27 bits per heavy atom. The molecule has 3 unspecified atom stereocenters. The van der Waals surface area contributed by atoms with Crippen LogP contribution in [0.2, 0.25) is 0 Å². The topological polar surface area (TPSA) is 50.5 Å². The van der Waals surface area contributed by atoms with Crippen molar-refractivity contribution in [2.45, 2.75) is 38.0 Å². The van der Waals surface area contributed by atoms with Gasteiger partial charge in [0.1, 0.15) is 0 Å². The number of aliphatic hydroxyl groups excluding tert-OH is 1. The van der Waals surface area contributed by atoms with E-state index < -0.39 is 0 Å². The van der Waals surface area contributed by atoms with E-state index in [1.54, 1.807) is 0 Å². The van der Waals surface area contributed by atoms with Crippen LogP contribution in [0.1, 0.15) is 19.8 Å². The predicted molar refractivity (Wildman–Crippen MR) is 59.4 cm³/mol. The van der Waals surface area contributed by atoms with Crippen LogP contribution in [0.3, 0.4) is 0 Å². The lowest BCUT2D eigenvalue weighted by Crippen LogP contribution is -2.42. The van der Waals surface area contributed by atoms with Gasteiger partial charge in [-0.25, -0.2) is 0 Å². The third-order valence-electron chi connectivity index (χ3n) is 2.96. The molecule has 4 nitrogen and oxygen atoms in total. The molecule has 0 aromatic rings. The molecule has 1 saturated heterocycles. The van der Waals surface area contributed by atoms with Crippen molar-refractivity contribution in [1.82, 2.24) is 9.80 Å². The number of aliphatic hydroxyl groups is 1. The van der Waals surface area contributed by atoms with Gasteiger partial charge in [0.25, 0.3) is 0 Å². The second kappa shape index (κ2) is 5.45. The fourth-order valence-corrected chi connectivity index (χ4v) is 2.31. The molecule has 4 heteroatoms. The summed E-state index contributed by atoms with van der Waals surface area (Å²) in [6, 6.07) is 2.83. The van der Waals surface area contributed by atoms with Gasteiger partial charge in [-0.1, -0.05) is 0 Å². The van der Waals surface area contributed by atoms with E-state index in [2.05, 4.69) is 22.8 Å². The van der Waals surface area contributed by atoms with Crippen molar-refractivity contribution in [3.63, 3.8) is 0 Å². The molecule has 0 aromatic heterocycles. The van der Waals surface area contributed by atoms with E-state index >= 15 is 0 Å². The molecule has 0 spiro atoms. The van der Waals surface area contributed by atoms with Gasteiger partial charge in [0.2, 0.25) is 0 Å². The molecule has 0 amide bonds. The number of rotatable bonds is 4. The number of nitriles is 1. The van der Waals surface area contributed by atoms with Gasteiger partial charge in [-0.05, 0) is 27.4 Å². The number of hydrogen-bond acceptors (Lipinski definition) is 4. The lowest BCUT2D eigenvalue weighted by Gasteiger charge is -2.30. The molecule has 15 heavy (non-hydrogen) atoms. The van der Waals surface area contributed by atoms with Crippen molar-refractivity contribution in [3.8, 4) is 6.07 Å². The first-order valence-electron chi connectivity index (χ1n) is 5.50. The molecule has 0 bridgehead atoms. The van der Waals surface area contributed by atoms with E-state index in [-0.39, 0.29) is 12.1 Å². The van der Waals surface area contributed by atoms with Gasteiger partial charge in [0.05, 0.1) is 18.6 Å². The number of nitrogens with zero attached hydrogens (tertiary/aromatic N) is 3. The number of β-amino-alcohol motifs (C(OH)–C–C–N with tert-alkyl or cyclic N) is 1. The van der Waals surface area contributed by atoms with E-state index in [0.29, 0.717) is 19.0 Å². The largest absolute Gasteiger partial charge is 0.392 e. The summed E-state index contributed by atoms with van der Waals surface area (Å²) in [7, 11) is 4.08. The van der Waals surface area contributed by atoms with Crippen molar-refractivity contribution >= 4 is 0 Å². The third kappa shape index (κ3) is 3.45. The van der Waals surface area contributed by atoms with Crippen molar-refractivity contribution in [3.05, 3.63) is 0 Å². The van der Waals surface area contributed by atoms with Crippen LogP contribution in [0.15, 0.2) is 0 Å². The SMILES string of the molecule is CC(CC#N)N1CC(O)CC1CN(C)C. The van der Waals surface area contributed by atoms with Gasteiger partial charge in [-0.3, -0.25) is 4.90 Å². The first-order chi connectivity index (χ1) is 7.04. The average Bonchev–Trinajstić information content (AvgIpc) is 2.46. The van der Waals surface area contributed by atoms with Gasteiger partial charge in [0, 0.05) is 25.2 Å². The minimum absolute atomic E-state index is 0.226. The molecule has 1 heterocycles. The van der Waals surface area contributed by atoms with Gasteiger partial charge in [0.15, 0.2) is 0 Å². The zero-order valence-electron chi connectivity index (χ0n) is 9.85. The highest BCUT2D eigenvalue weighted by atomic mass is 16.3. The van der Waals surface area contributed by atoms with E-state index in [0.717, 1.165) is 13.0 Å². The molecular formula is C11H21N3O. The Balaban J connectivity index is 2.56. The summed E-state index contributed by atoms with van der Waals surface area (Å²) in [5, 5.41) is 18.3. The van der Waals surface area contributed by atoms with Gasteiger partial charge >= 0.3 is 0 Å². The van der Waals surface area contributed by atoms with Crippen molar-refractivity contribution in [2.75, 3.05) is 27.2 Å². The lowest BCUT2D eigenvalue weighted by molar-refractivity contribution is 0.145. The summed E-state index contributed by atoms with van der Waals surface area (Å²) in [5.74, 6) is 0. The second-order valence-electron chi connectivity index (χ2n) is 4.71. The molecule has 1 aliphatic rings. The summed E-state index contributed by atoms with van der Waals surface area (Å²) in [4.78, 5) is 4.39. The summed E-state index contributed by atoms with van der Waals surface area (Å²) in [6.45, 7) is 3.72. The molecule has 3 atom stereocenters. The Labute approximate surface area is 92.1 Å². The van der Waals surface area contributed by atoms with E-state index in [1.807, 2.05) is 14.1 Å². The van der Waals surface area contributed by atoms with Crippen LogP contribution < -0.4 is 0 Å². The normalized spacial score (nSPS) is 29.3. The van der Waals surface area contributed by atoms with Gasteiger partial charge in [-0.2, -0.15) is 5.26 Å². The highest BCUT2D eigenvalue weighted by Gasteiger charge is 2.33. The van der Waals surface area contributed by atoms with Crippen LogP contribution in [-0.4, -0.2) is 60.3 Å². The minimum Gasteiger partial charge on any atom is -0.392 e. The lowest BCUT2D eigenvalue weighted by atomic mass is 10.1. The number of hydrogen-bond donors (Lipinski definition) is 1. The molecule has 1 aliphatic heterocycles. The molecule has 0 aliphatic carbocycles. The van der Waals surface area contributed by atoms with Crippen LogP contribution in [0.5, 0.6) is 0 Å². The number of likely N-dealkylation sites (tertiary alicyclic amines) is 1. The summed E-state index contributed by atoms with van der Waals surface area (Å²) in [6.07, 6.45) is 1.14. The fraction of sp³-hybridized carbons (Fsp3) is 0.909. The van der Waals surface area contributed by atoms with Crippen molar-refractivity contribution in [1.29, 1.82) is 5.26 Å². The average molecular weight is 211 g/mol. The molecule has 1 fully saturated rings. The summed E-state index contributed by atoms with van der Waals surface area (Å²) < 4.78 is 0. The van der Waals surface area contributed by atoms with E-state index in [4.69, 9.17) is 5.26 Å². The molecule has 0 aromatic carbocycles. The quantitative estimate of drug-likeness (QED) is 0.726. The van der Waals surface area contributed by atoms with Crippen LogP contribution in [0.4, 0.5) is 0 Å². The maximum Gasteiger partial charge on any atom is 0.0682 e. The molecule has 0 saturated carbocycles. The van der Waals surface area contributed by atoms with Crippen LogP contribution >= 0.6 is 0 Å². The summed E-state index contributed by atoms with van der Waals surface area (Å²) in [5.41, 5.74) is 0. The fourth-order valence-electron chi connectivity index (χ4n) is 2.31. The molecular weight excluding hydrogens is 190 g/mol. The molecule has 0 radical (unpaired) electrons.